The van der Waals surface area contributed by atoms with Gasteiger partial charge in [-0.2, -0.15) is 0 Å². The van der Waals surface area contributed by atoms with Crippen molar-refractivity contribution in [2.75, 3.05) is 0 Å². The van der Waals surface area contributed by atoms with Crippen molar-refractivity contribution in [3.05, 3.63) is 78.9 Å². The quantitative estimate of drug-likeness (QED) is 0.265. The average Bonchev–Trinajstić information content (AvgIpc) is 2.79. The van der Waals surface area contributed by atoms with Crippen LogP contribution in [0.15, 0.2) is 83.2 Å². The molecular weight excluding hydrogens is 436 g/mol. The molecule has 3 aromatic heterocycles. The number of nitrogens with two attached hydrogens (primary N) is 1. The largest absolute Gasteiger partial charge is 0.479 e. The fraction of sp³-hybridized carbons (Fsp3) is 0.238. The molecule has 0 bridgehead atoms. The molecule has 3 aromatic rings. The molecule has 0 aromatic carbocycles. The van der Waals surface area contributed by atoms with E-state index in [0.717, 1.165) is 10.1 Å². The first-order chi connectivity index (χ1) is 14.3. The number of thiol groups is 1. The summed E-state index contributed by atoms with van der Waals surface area (Å²) in [4.78, 5) is 22.1. The Morgan fingerprint density at radius 2 is 1.43 bits per heavy atom. The first-order valence-corrected chi connectivity index (χ1v) is 11.7. The molecule has 2 atom stereocenters. The fourth-order valence-corrected chi connectivity index (χ4v) is 4.47. The summed E-state index contributed by atoms with van der Waals surface area (Å²) in [6.07, 6.45) is 5.74. The van der Waals surface area contributed by atoms with Crippen LogP contribution in [0.5, 0.6) is 0 Å². The molecule has 0 aliphatic carbocycles. The minimum atomic E-state index is -1.64. The van der Waals surface area contributed by atoms with Crippen LogP contribution < -0.4 is 5.73 Å². The molecule has 1 unspecified atom stereocenters. The molecule has 0 aliphatic heterocycles. The summed E-state index contributed by atoms with van der Waals surface area (Å²) in [5, 5.41) is 11.1. The molecule has 3 heterocycles. The average molecular weight is 461 g/mol. The molecule has 6 nitrogen and oxygen atoms in total. The summed E-state index contributed by atoms with van der Waals surface area (Å²) >= 11 is 4.09. The maximum atomic E-state index is 11.2. The summed E-state index contributed by atoms with van der Waals surface area (Å²) in [5.74, 6) is -1.15. The van der Waals surface area contributed by atoms with Crippen molar-refractivity contribution < 1.29 is 9.90 Å². The van der Waals surface area contributed by atoms with Gasteiger partial charge in [0, 0.05) is 29.7 Å². The van der Waals surface area contributed by atoms with E-state index in [1.807, 2.05) is 49.4 Å². The summed E-state index contributed by atoms with van der Waals surface area (Å²) in [6.45, 7) is 3.63. The number of carboxylic acids is 1. The first-order valence-electron chi connectivity index (χ1n) is 9.14. The van der Waals surface area contributed by atoms with Crippen LogP contribution in [0.3, 0.4) is 0 Å². The molecule has 0 aliphatic rings. The molecule has 0 fully saturated rings. The van der Waals surface area contributed by atoms with Gasteiger partial charge in [-0.05, 0) is 64.4 Å². The molecule has 9 heteroatoms. The number of nitrogens with zero attached hydrogens (tertiary/aromatic N) is 3. The van der Waals surface area contributed by atoms with E-state index in [-0.39, 0.29) is 0 Å². The standard InChI is InChI=1S/C11H16N2O2S.C10H8N2S2/c1-3-10(2,11(12,16)9(14)15)8-6-4-5-7-13-8;1-3-7-11-9(5-1)13-14-10-6-2-4-8-12-10/h4-7,16H,3,12H2,1-2H3,(H,14,15);1-8H/t10?,11-;/m0./s1. The number of hydrogen-bond acceptors (Lipinski definition) is 8. The maximum absolute atomic E-state index is 11.2. The van der Waals surface area contributed by atoms with E-state index < -0.39 is 16.3 Å². The van der Waals surface area contributed by atoms with Gasteiger partial charge in [0.25, 0.3) is 0 Å². The summed E-state index contributed by atoms with van der Waals surface area (Å²) in [6, 6.07) is 17.1. The Hall–Kier alpha value is -2.07. The Morgan fingerprint density at radius 3 is 1.77 bits per heavy atom. The van der Waals surface area contributed by atoms with Crippen LogP contribution >= 0.6 is 34.2 Å². The van der Waals surface area contributed by atoms with Gasteiger partial charge in [-0.3, -0.25) is 4.98 Å². The van der Waals surface area contributed by atoms with E-state index in [1.165, 1.54) is 0 Å². The van der Waals surface area contributed by atoms with Gasteiger partial charge >= 0.3 is 5.97 Å². The Morgan fingerprint density at radius 1 is 0.967 bits per heavy atom. The van der Waals surface area contributed by atoms with E-state index in [9.17, 15) is 4.79 Å². The number of aromatic nitrogens is 3. The zero-order chi connectivity index (χ0) is 22.0. The number of pyridine rings is 3. The highest BCUT2D eigenvalue weighted by atomic mass is 33.1. The predicted molar refractivity (Wildman–Crippen MR) is 126 cm³/mol. The second-order valence-corrected chi connectivity index (χ2v) is 9.35. The number of rotatable bonds is 7. The number of aliphatic carboxylic acids is 1. The van der Waals surface area contributed by atoms with Gasteiger partial charge in [-0.1, -0.05) is 32.0 Å². The zero-order valence-corrected chi connectivity index (χ0v) is 19.2. The minimum absolute atomic E-state index is 0.538. The lowest BCUT2D eigenvalue weighted by Gasteiger charge is -2.38. The number of carboxylic acid groups (broad SMARTS) is 1. The second kappa shape index (κ2) is 11.4. The third-order valence-electron chi connectivity index (χ3n) is 4.59. The fourth-order valence-electron chi connectivity index (χ4n) is 2.45. The third-order valence-corrected chi connectivity index (χ3v) is 7.46. The Kier molecular flexibility index (Phi) is 9.16. The maximum Gasteiger partial charge on any atom is 0.334 e. The zero-order valence-electron chi connectivity index (χ0n) is 16.7. The number of hydrogen-bond donors (Lipinski definition) is 3. The molecule has 0 saturated carbocycles. The molecule has 0 radical (unpaired) electrons. The van der Waals surface area contributed by atoms with E-state index >= 15 is 0 Å². The van der Waals surface area contributed by atoms with Crippen LogP contribution in [-0.4, -0.2) is 30.9 Å². The van der Waals surface area contributed by atoms with Gasteiger partial charge in [0.2, 0.25) is 0 Å². The molecule has 0 saturated heterocycles. The lowest BCUT2D eigenvalue weighted by molar-refractivity contribution is -0.141. The Bertz CT molecular complexity index is 876. The molecule has 30 heavy (non-hydrogen) atoms. The second-order valence-electron chi connectivity index (χ2n) is 6.47. The van der Waals surface area contributed by atoms with Crippen LogP contribution in [0.1, 0.15) is 26.0 Å². The van der Waals surface area contributed by atoms with E-state index in [0.29, 0.717) is 12.1 Å². The molecule has 158 valence electrons. The van der Waals surface area contributed by atoms with Crippen LogP contribution in [0.25, 0.3) is 0 Å². The highest BCUT2D eigenvalue weighted by molar-refractivity contribution is 8.76. The van der Waals surface area contributed by atoms with Crippen molar-refractivity contribution in [1.29, 1.82) is 0 Å². The summed E-state index contributed by atoms with van der Waals surface area (Å²) in [5.41, 5.74) is 5.63. The normalized spacial score (nSPS) is 14.5. The van der Waals surface area contributed by atoms with Crippen molar-refractivity contribution >= 4 is 40.2 Å². The highest BCUT2D eigenvalue weighted by Crippen LogP contribution is 2.38. The summed E-state index contributed by atoms with van der Waals surface area (Å²) in [7, 11) is 3.23. The van der Waals surface area contributed by atoms with Crippen LogP contribution in [-0.2, 0) is 10.2 Å². The number of carbonyl (C=O) groups is 1. The van der Waals surface area contributed by atoms with Crippen LogP contribution in [0.2, 0.25) is 0 Å². The first kappa shape index (κ1) is 24.2. The van der Waals surface area contributed by atoms with Gasteiger partial charge in [0.05, 0.1) is 0 Å². The van der Waals surface area contributed by atoms with Crippen molar-refractivity contribution in [2.24, 2.45) is 5.73 Å². The lowest BCUT2D eigenvalue weighted by atomic mass is 9.76. The summed E-state index contributed by atoms with van der Waals surface area (Å²) < 4.78 is 0. The molecular formula is C21H24N4O2S3. The van der Waals surface area contributed by atoms with Gasteiger partial charge in [-0.15, -0.1) is 12.6 Å². The SMILES string of the molecule is CCC(C)(c1ccccn1)[C@@](N)(S)C(=O)O.c1ccc(SSc2ccccn2)nc1. The van der Waals surface area contributed by atoms with E-state index in [2.05, 4.69) is 27.6 Å². The monoisotopic (exact) mass is 460 g/mol. The van der Waals surface area contributed by atoms with Crippen molar-refractivity contribution in [3.63, 3.8) is 0 Å². The van der Waals surface area contributed by atoms with Gasteiger partial charge in [-0.25, -0.2) is 14.8 Å². The molecule has 3 rings (SSSR count). The Balaban J connectivity index is 0.000000215. The van der Waals surface area contributed by atoms with Gasteiger partial charge < -0.3 is 10.8 Å². The van der Waals surface area contributed by atoms with Gasteiger partial charge in [0.15, 0.2) is 4.87 Å². The van der Waals surface area contributed by atoms with Crippen molar-refractivity contribution in [3.8, 4) is 0 Å². The van der Waals surface area contributed by atoms with Crippen molar-refractivity contribution in [2.45, 2.75) is 40.6 Å². The molecule has 0 spiro atoms. The predicted octanol–water partition coefficient (Wildman–Crippen LogP) is 4.69. The van der Waals surface area contributed by atoms with E-state index in [4.69, 9.17) is 10.8 Å². The van der Waals surface area contributed by atoms with Crippen LogP contribution in [0, 0.1) is 0 Å². The minimum Gasteiger partial charge on any atom is -0.479 e. The topological polar surface area (TPSA) is 102 Å². The third kappa shape index (κ3) is 6.21. The smallest absolute Gasteiger partial charge is 0.334 e. The van der Waals surface area contributed by atoms with Gasteiger partial charge in [0.1, 0.15) is 10.1 Å². The molecule has 3 N–H and O–H groups in total. The van der Waals surface area contributed by atoms with Crippen molar-refractivity contribution in [1.82, 2.24) is 15.0 Å². The van der Waals surface area contributed by atoms with E-state index in [1.54, 1.807) is 59.2 Å². The Labute approximate surface area is 189 Å². The highest BCUT2D eigenvalue weighted by Gasteiger charge is 2.49. The molecule has 0 amide bonds. The lowest BCUT2D eigenvalue weighted by Crippen LogP contribution is -2.58. The van der Waals surface area contributed by atoms with Crippen LogP contribution in [0.4, 0.5) is 0 Å².